The Balaban J connectivity index is 2.35. The van der Waals surface area contributed by atoms with Crippen molar-refractivity contribution >= 4 is 17.6 Å². The van der Waals surface area contributed by atoms with Gasteiger partial charge in [0.15, 0.2) is 6.61 Å². The zero-order valence-electron chi connectivity index (χ0n) is 15.8. The van der Waals surface area contributed by atoms with Gasteiger partial charge in [-0.05, 0) is 30.7 Å². The average Bonchev–Trinajstić information content (AvgIpc) is 2.70. The Kier molecular flexibility index (Phi) is 7.07. The highest BCUT2D eigenvalue weighted by molar-refractivity contribution is 6.03. The molecular weight excluding hydrogens is 402 g/mol. The first-order valence-corrected chi connectivity index (χ1v) is 8.26. The van der Waals surface area contributed by atoms with Crippen LogP contribution in [0.2, 0.25) is 0 Å². The van der Waals surface area contributed by atoms with E-state index in [0.29, 0.717) is 11.3 Å². The number of hydrogen-bond acceptors (Lipinski definition) is 7. The summed E-state index contributed by atoms with van der Waals surface area (Å²) in [4.78, 5) is 25.6. The number of nitrogens with zero attached hydrogens (tertiary/aromatic N) is 1. The van der Waals surface area contributed by atoms with Gasteiger partial charge < -0.3 is 23.8 Å². The predicted octanol–water partition coefficient (Wildman–Crippen LogP) is 2.67. The Morgan fingerprint density at radius 2 is 1.86 bits per heavy atom. The Bertz CT molecular complexity index is 812. The second-order valence-electron chi connectivity index (χ2n) is 6.01. The first-order valence-electron chi connectivity index (χ1n) is 8.26. The highest BCUT2D eigenvalue weighted by Crippen LogP contribution is 2.32. The Hall–Kier alpha value is -2.82. The molecule has 160 valence electrons. The van der Waals surface area contributed by atoms with Crippen LogP contribution >= 0.6 is 0 Å². The molecule has 1 aromatic rings. The van der Waals surface area contributed by atoms with E-state index < -0.39 is 30.9 Å². The van der Waals surface area contributed by atoms with Crippen LogP contribution in [0.3, 0.4) is 0 Å². The molecule has 2 rings (SSSR count). The quantitative estimate of drug-likeness (QED) is 0.495. The molecule has 0 bridgehead atoms. The lowest BCUT2D eigenvalue weighted by Crippen LogP contribution is -2.39. The molecule has 1 aromatic carbocycles. The Morgan fingerprint density at radius 3 is 2.41 bits per heavy atom. The van der Waals surface area contributed by atoms with Crippen LogP contribution in [0.1, 0.15) is 5.56 Å². The zero-order chi connectivity index (χ0) is 21.8. The van der Waals surface area contributed by atoms with Crippen molar-refractivity contribution < 1.29 is 46.1 Å². The molecule has 0 radical (unpaired) electrons. The normalized spacial score (nSPS) is 14.8. The average molecular weight is 421 g/mol. The van der Waals surface area contributed by atoms with Crippen LogP contribution in [-0.4, -0.2) is 58.5 Å². The van der Waals surface area contributed by atoms with Crippen LogP contribution in [0.25, 0.3) is 0 Å². The molecule has 0 saturated carbocycles. The zero-order valence-corrected chi connectivity index (χ0v) is 15.8. The number of methoxy groups -OCH3 is 2. The topological polar surface area (TPSA) is 74.3 Å². The highest BCUT2D eigenvalue weighted by atomic mass is 19.3. The van der Waals surface area contributed by atoms with Crippen molar-refractivity contribution in [3.05, 3.63) is 35.0 Å². The Labute approximate surface area is 163 Å². The van der Waals surface area contributed by atoms with Crippen molar-refractivity contribution in [1.29, 1.82) is 0 Å². The van der Waals surface area contributed by atoms with Gasteiger partial charge >= 0.3 is 24.3 Å². The molecule has 0 unspecified atom stereocenters. The minimum atomic E-state index is -4.29. The van der Waals surface area contributed by atoms with Crippen LogP contribution in [0.15, 0.2) is 29.5 Å². The lowest BCUT2D eigenvalue weighted by molar-refractivity contribution is -0.148. The van der Waals surface area contributed by atoms with E-state index in [2.05, 4.69) is 4.74 Å². The summed E-state index contributed by atoms with van der Waals surface area (Å²) >= 11 is 0. The third-order valence-electron chi connectivity index (χ3n) is 4.04. The number of halogens is 4. The van der Waals surface area contributed by atoms with Crippen LogP contribution in [-0.2, 0) is 23.8 Å². The Morgan fingerprint density at radius 1 is 1.21 bits per heavy atom. The first kappa shape index (κ1) is 22.5. The van der Waals surface area contributed by atoms with E-state index in [4.69, 9.17) is 14.2 Å². The number of carbonyl (C=O) groups is 2. The number of aryl methyl sites for hydroxylation is 1. The van der Waals surface area contributed by atoms with Crippen molar-refractivity contribution in [2.75, 3.05) is 39.1 Å². The number of esters is 2. The van der Waals surface area contributed by atoms with Crippen molar-refractivity contribution in [2.24, 2.45) is 0 Å². The molecular formula is C18H19F4NO6. The number of hydrogen-bond donors (Lipinski definition) is 0. The van der Waals surface area contributed by atoms with Gasteiger partial charge in [-0.1, -0.05) is 0 Å². The molecule has 0 fully saturated rings. The van der Waals surface area contributed by atoms with Gasteiger partial charge in [0.1, 0.15) is 18.2 Å². The fourth-order valence-electron chi connectivity index (χ4n) is 2.60. The summed E-state index contributed by atoms with van der Waals surface area (Å²) in [5.74, 6) is -5.93. The van der Waals surface area contributed by atoms with Gasteiger partial charge in [-0.15, -0.1) is 0 Å². The maximum absolute atomic E-state index is 13.0. The number of alkyl halides is 4. The van der Waals surface area contributed by atoms with Gasteiger partial charge in [-0.2, -0.15) is 8.78 Å². The van der Waals surface area contributed by atoms with Gasteiger partial charge in [0.05, 0.1) is 26.4 Å². The molecule has 7 nitrogen and oxygen atoms in total. The maximum atomic E-state index is 13.0. The molecule has 0 saturated heterocycles. The van der Waals surface area contributed by atoms with E-state index in [9.17, 15) is 27.2 Å². The molecule has 1 aliphatic rings. The van der Waals surface area contributed by atoms with Gasteiger partial charge in [-0.25, -0.2) is 18.4 Å². The lowest BCUT2D eigenvalue weighted by Gasteiger charge is -2.32. The third kappa shape index (κ3) is 4.97. The van der Waals surface area contributed by atoms with E-state index in [1.165, 1.54) is 23.1 Å². The van der Waals surface area contributed by atoms with E-state index in [0.717, 1.165) is 14.2 Å². The van der Waals surface area contributed by atoms with Crippen molar-refractivity contribution in [3.8, 4) is 5.75 Å². The minimum absolute atomic E-state index is 0.0538. The summed E-state index contributed by atoms with van der Waals surface area (Å²) in [5.41, 5.74) is 0.687. The molecule has 0 amide bonds. The first-order chi connectivity index (χ1) is 13.6. The number of ether oxygens (including phenoxy) is 4. The van der Waals surface area contributed by atoms with Crippen LogP contribution in [0.5, 0.6) is 5.75 Å². The van der Waals surface area contributed by atoms with Crippen LogP contribution in [0.4, 0.5) is 23.2 Å². The summed E-state index contributed by atoms with van der Waals surface area (Å²) in [6.45, 7) is -0.184. The molecule has 11 heteroatoms. The summed E-state index contributed by atoms with van der Waals surface area (Å²) < 4.78 is 70.1. The molecule has 0 N–H and O–H groups in total. The fourth-order valence-corrected chi connectivity index (χ4v) is 2.60. The molecule has 1 heterocycles. The minimum Gasteiger partial charge on any atom is -0.487 e. The van der Waals surface area contributed by atoms with Gasteiger partial charge in [-0.3, -0.25) is 0 Å². The second kappa shape index (κ2) is 9.12. The van der Waals surface area contributed by atoms with E-state index in [-0.39, 0.29) is 30.4 Å². The number of anilines is 1. The highest BCUT2D eigenvalue weighted by Gasteiger charge is 2.41. The molecule has 0 atom stereocenters. The van der Waals surface area contributed by atoms with E-state index in [1.54, 1.807) is 6.92 Å². The fraction of sp³-hybridized carbons (Fsp3) is 0.444. The maximum Gasteiger partial charge on any atom is 0.355 e. The summed E-state index contributed by atoms with van der Waals surface area (Å²) in [7, 11) is 2.29. The van der Waals surface area contributed by atoms with Crippen molar-refractivity contribution in [2.45, 2.75) is 19.3 Å². The number of benzene rings is 1. The standard InChI is InChI=1S/C18H19F4NO6/c1-10-6-11(29-8-18(21,22)17(19)20)4-5-13(10)23-9-28-7-12(15(24)26-2)14(23)16(25)27-3/h4-6,17H,7-9H2,1-3H3. The SMILES string of the molecule is COC(=O)C1=C(C(=O)OC)N(c2ccc(OCC(F)(F)C(F)F)cc2C)COC1. The molecule has 0 aromatic heterocycles. The van der Waals surface area contributed by atoms with Gasteiger partial charge in [0.2, 0.25) is 0 Å². The predicted molar refractivity (Wildman–Crippen MR) is 92.0 cm³/mol. The van der Waals surface area contributed by atoms with Gasteiger partial charge in [0, 0.05) is 5.69 Å². The number of carbonyl (C=O) groups excluding carboxylic acids is 2. The largest absolute Gasteiger partial charge is 0.487 e. The molecule has 0 spiro atoms. The molecule has 29 heavy (non-hydrogen) atoms. The van der Waals surface area contributed by atoms with Crippen molar-refractivity contribution in [3.63, 3.8) is 0 Å². The van der Waals surface area contributed by atoms with E-state index in [1.807, 2.05) is 0 Å². The van der Waals surface area contributed by atoms with Crippen LogP contribution < -0.4 is 9.64 Å². The third-order valence-corrected chi connectivity index (χ3v) is 4.04. The van der Waals surface area contributed by atoms with Crippen LogP contribution in [0, 0.1) is 6.92 Å². The lowest BCUT2D eigenvalue weighted by atomic mass is 10.1. The molecule has 0 aliphatic carbocycles. The van der Waals surface area contributed by atoms with Crippen molar-refractivity contribution in [1.82, 2.24) is 0 Å². The monoisotopic (exact) mass is 421 g/mol. The number of rotatable bonds is 7. The smallest absolute Gasteiger partial charge is 0.355 e. The summed E-state index contributed by atoms with van der Waals surface area (Å²) in [6, 6.07) is 4.01. The molecule has 1 aliphatic heterocycles. The summed E-state index contributed by atoms with van der Waals surface area (Å²) in [5, 5.41) is 0. The van der Waals surface area contributed by atoms with E-state index >= 15 is 0 Å². The summed E-state index contributed by atoms with van der Waals surface area (Å²) in [6.07, 6.45) is -3.85. The second-order valence-corrected chi connectivity index (χ2v) is 6.01. The van der Waals surface area contributed by atoms with Gasteiger partial charge in [0.25, 0.3) is 0 Å².